The van der Waals surface area contributed by atoms with Crippen LogP contribution < -0.4 is 9.62 Å². The SMILES string of the molecule is CS(=O)(=O)N(Cc1ccccc1F)c1ccc(C(=O)NCCSCc2ccco2)cc1. The Morgan fingerprint density at radius 3 is 2.48 bits per heavy atom. The zero-order chi connectivity index (χ0) is 22.3. The van der Waals surface area contributed by atoms with E-state index in [1.807, 2.05) is 12.1 Å². The molecule has 0 bridgehead atoms. The number of anilines is 1. The van der Waals surface area contributed by atoms with Crippen LogP contribution in [-0.4, -0.2) is 32.9 Å². The van der Waals surface area contributed by atoms with E-state index in [0.717, 1.165) is 27.8 Å². The fourth-order valence-electron chi connectivity index (χ4n) is 2.87. The van der Waals surface area contributed by atoms with Crippen molar-refractivity contribution in [3.05, 3.63) is 89.6 Å². The molecule has 0 saturated carbocycles. The minimum absolute atomic E-state index is 0.135. The van der Waals surface area contributed by atoms with Crippen molar-refractivity contribution in [3.63, 3.8) is 0 Å². The number of hydrogen-bond donors (Lipinski definition) is 1. The van der Waals surface area contributed by atoms with Gasteiger partial charge in [0.15, 0.2) is 0 Å². The van der Waals surface area contributed by atoms with Crippen LogP contribution in [0.25, 0.3) is 0 Å². The maximum atomic E-state index is 14.0. The molecular weight excluding hydrogens is 439 g/mol. The Morgan fingerprint density at radius 1 is 1.10 bits per heavy atom. The highest BCUT2D eigenvalue weighted by Gasteiger charge is 2.19. The van der Waals surface area contributed by atoms with Crippen molar-refractivity contribution in [2.45, 2.75) is 12.3 Å². The number of nitrogens with one attached hydrogen (secondary N) is 1. The number of benzene rings is 2. The van der Waals surface area contributed by atoms with Gasteiger partial charge in [0.2, 0.25) is 10.0 Å². The number of carbonyl (C=O) groups is 1. The average Bonchev–Trinajstić information content (AvgIpc) is 3.25. The largest absolute Gasteiger partial charge is 0.468 e. The van der Waals surface area contributed by atoms with Gasteiger partial charge >= 0.3 is 0 Å². The van der Waals surface area contributed by atoms with Crippen LogP contribution in [0.4, 0.5) is 10.1 Å². The second-order valence-electron chi connectivity index (χ2n) is 6.80. The van der Waals surface area contributed by atoms with Crippen molar-refractivity contribution in [1.82, 2.24) is 5.32 Å². The predicted molar refractivity (Wildman–Crippen MR) is 121 cm³/mol. The van der Waals surface area contributed by atoms with Gasteiger partial charge in [-0.2, -0.15) is 11.8 Å². The van der Waals surface area contributed by atoms with Gasteiger partial charge in [-0.25, -0.2) is 12.8 Å². The summed E-state index contributed by atoms with van der Waals surface area (Å²) in [5, 5.41) is 2.83. The van der Waals surface area contributed by atoms with E-state index in [2.05, 4.69) is 5.32 Å². The highest BCUT2D eigenvalue weighted by molar-refractivity contribution is 7.98. The topological polar surface area (TPSA) is 79.6 Å². The average molecular weight is 463 g/mol. The maximum Gasteiger partial charge on any atom is 0.251 e. The second kappa shape index (κ2) is 10.5. The van der Waals surface area contributed by atoms with Gasteiger partial charge in [-0.15, -0.1) is 0 Å². The third-order valence-electron chi connectivity index (χ3n) is 4.45. The molecule has 0 aliphatic heterocycles. The molecule has 1 aromatic heterocycles. The van der Waals surface area contributed by atoms with Gasteiger partial charge in [-0.1, -0.05) is 18.2 Å². The summed E-state index contributed by atoms with van der Waals surface area (Å²) in [7, 11) is -3.65. The number of furan rings is 1. The summed E-state index contributed by atoms with van der Waals surface area (Å²) >= 11 is 1.65. The summed E-state index contributed by atoms with van der Waals surface area (Å²) in [4.78, 5) is 12.3. The predicted octanol–water partition coefficient (Wildman–Crippen LogP) is 4.05. The van der Waals surface area contributed by atoms with E-state index in [9.17, 15) is 17.6 Å². The Balaban J connectivity index is 1.58. The molecule has 3 rings (SSSR count). The number of amides is 1. The lowest BCUT2D eigenvalue weighted by Gasteiger charge is -2.23. The highest BCUT2D eigenvalue weighted by Crippen LogP contribution is 2.22. The Morgan fingerprint density at radius 2 is 1.84 bits per heavy atom. The first-order chi connectivity index (χ1) is 14.8. The molecule has 0 saturated heterocycles. The first-order valence-corrected chi connectivity index (χ1v) is 12.5. The molecule has 31 heavy (non-hydrogen) atoms. The van der Waals surface area contributed by atoms with Crippen LogP contribution in [0.1, 0.15) is 21.7 Å². The molecule has 2 aromatic carbocycles. The van der Waals surface area contributed by atoms with E-state index in [0.29, 0.717) is 17.8 Å². The number of thioether (sulfide) groups is 1. The second-order valence-corrected chi connectivity index (χ2v) is 9.81. The van der Waals surface area contributed by atoms with E-state index >= 15 is 0 Å². The van der Waals surface area contributed by atoms with Crippen molar-refractivity contribution in [3.8, 4) is 0 Å². The van der Waals surface area contributed by atoms with Gasteiger partial charge in [0.25, 0.3) is 5.91 Å². The lowest BCUT2D eigenvalue weighted by Crippen LogP contribution is -2.30. The van der Waals surface area contributed by atoms with Gasteiger partial charge in [0.1, 0.15) is 11.6 Å². The summed E-state index contributed by atoms with van der Waals surface area (Å²) in [6.07, 6.45) is 2.69. The Kier molecular flexibility index (Phi) is 7.75. The molecule has 0 aliphatic carbocycles. The minimum atomic E-state index is -3.65. The molecule has 0 unspecified atom stereocenters. The van der Waals surface area contributed by atoms with Crippen LogP contribution in [0.3, 0.4) is 0 Å². The third-order valence-corrected chi connectivity index (χ3v) is 6.57. The monoisotopic (exact) mass is 462 g/mol. The molecule has 6 nitrogen and oxygen atoms in total. The fourth-order valence-corrected chi connectivity index (χ4v) is 4.50. The first kappa shape index (κ1) is 22.9. The molecule has 0 radical (unpaired) electrons. The highest BCUT2D eigenvalue weighted by atomic mass is 32.2. The van der Waals surface area contributed by atoms with Crippen LogP contribution in [0.15, 0.2) is 71.3 Å². The number of rotatable bonds is 10. The van der Waals surface area contributed by atoms with Gasteiger partial charge in [0.05, 0.1) is 30.5 Å². The molecular formula is C22H23FN2O4S2. The van der Waals surface area contributed by atoms with Crippen LogP contribution in [-0.2, 0) is 22.3 Å². The first-order valence-electron chi connectivity index (χ1n) is 9.54. The minimum Gasteiger partial charge on any atom is -0.468 e. The van der Waals surface area contributed by atoms with Crippen LogP contribution >= 0.6 is 11.8 Å². The number of halogens is 1. The Labute approximate surface area is 185 Å². The standard InChI is InChI=1S/C22H23FN2O4S2/c1-31(27,28)25(15-18-5-2-3-7-21(18)23)19-10-8-17(9-11-19)22(26)24-12-14-30-16-20-6-4-13-29-20/h2-11,13H,12,14-16H2,1H3,(H,24,26). The van der Waals surface area contributed by atoms with E-state index < -0.39 is 15.8 Å². The summed E-state index contributed by atoms with van der Waals surface area (Å²) in [6, 6.07) is 16.0. The Bertz CT molecular complexity index is 1100. The van der Waals surface area contributed by atoms with Crippen LogP contribution in [0, 0.1) is 5.82 Å². The van der Waals surface area contributed by atoms with Gasteiger partial charge < -0.3 is 9.73 Å². The Hall–Kier alpha value is -2.78. The molecule has 164 valence electrons. The number of carbonyl (C=O) groups excluding carboxylic acids is 1. The van der Waals surface area contributed by atoms with Crippen molar-refractivity contribution >= 4 is 33.4 Å². The van der Waals surface area contributed by atoms with E-state index in [1.54, 1.807) is 60.5 Å². The summed E-state index contributed by atoms with van der Waals surface area (Å²) in [5.41, 5.74) is 1.04. The molecule has 1 amide bonds. The summed E-state index contributed by atoms with van der Waals surface area (Å²) < 4.78 is 44.9. The summed E-state index contributed by atoms with van der Waals surface area (Å²) in [6.45, 7) is 0.360. The third kappa shape index (κ3) is 6.60. The zero-order valence-corrected chi connectivity index (χ0v) is 18.6. The van der Waals surface area contributed by atoms with Crippen molar-refractivity contribution < 1.29 is 22.0 Å². The van der Waals surface area contributed by atoms with E-state index in [-0.39, 0.29) is 18.0 Å². The lowest BCUT2D eigenvalue weighted by molar-refractivity contribution is 0.0956. The van der Waals surface area contributed by atoms with E-state index in [1.165, 1.54) is 6.07 Å². The number of hydrogen-bond acceptors (Lipinski definition) is 5. The van der Waals surface area contributed by atoms with Crippen LogP contribution in [0.2, 0.25) is 0 Å². The van der Waals surface area contributed by atoms with Crippen molar-refractivity contribution in [2.75, 3.05) is 22.9 Å². The molecule has 0 atom stereocenters. The molecule has 1 N–H and O–H groups in total. The van der Waals surface area contributed by atoms with Gasteiger partial charge in [0, 0.05) is 23.4 Å². The zero-order valence-electron chi connectivity index (χ0n) is 17.0. The number of nitrogens with zero attached hydrogens (tertiary/aromatic N) is 1. The molecule has 9 heteroatoms. The molecule has 0 spiro atoms. The summed E-state index contributed by atoms with van der Waals surface area (Å²) in [5.74, 6) is 1.63. The molecule has 0 aliphatic rings. The lowest BCUT2D eigenvalue weighted by atomic mass is 10.1. The molecule has 0 fully saturated rings. The quantitative estimate of drug-likeness (QED) is 0.460. The normalized spacial score (nSPS) is 11.3. The van der Waals surface area contributed by atoms with Gasteiger partial charge in [-0.05, 0) is 42.5 Å². The smallest absolute Gasteiger partial charge is 0.251 e. The maximum absolute atomic E-state index is 14.0. The molecule has 1 heterocycles. The number of sulfonamides is 1. The van der Waals surface area contributed by atoms with Gasteiger partial charge in [-0.3, -0.25) is 9.10 Å². The van der Waals surface area contributed by atoms with Crippen LogP contribution in [0.5, 0.6) is 0 Å². The van der Waals surface area contributed by atoms with Crippen molar-refractivity contribution in [1.29, 1.82) is 0 Å². The molecule has 3 aromatic rings. The van der Waals surface area contributed by atoms with E-state index in [4.69, 9.17) is 4.42 Å². The van der Waals surface area contributed by atoms with Crippen molar-refractivity contribution in [2.24, 2.45) is 0 Å². The fraction of sp³-hybridized carbons (Fsp3) is 0.227.